The normalized spacial score (nSPS) is 30.6. The molecule has 0 radical (unpaired) electrons. The summed E-state index contributed by atoms with van der Waals surface area (Å²) in [6.45, 7) is 4.13. The number of ether oxygens (including phenoxy) is 1. The predicted molar refractivity (Wildman–Crippen MR) is 78.8 cm³/mol. The van der Waals surface area contributed by atoms with Gasteiger partial charge in [0.05, 0.1) is 7.11 Å². The van der Waals surface area contributed by atoms with E-state index in [1.165, 1.54) is 23.1 Å². The van der Waals surface area contributed by atoms with E-state index in [9.17, 15) is 4.79 Å². The quantitative estimate of drug-likeness (QED) is 0.776. The van der Waals surface area contributed by atoms with Crippen LogP contribution in [-0.2, 0) is 11.2 Å². The fourth-order valence-electron chi connectivity index (χ4n) is 4.83. The van der Waals surface area contributed by atoms with Crippen molar-refractivity contribution >= 4 is 11.4 Å². The number of carbonyl (C=O) groups excluding carboxylic acids is 1. The van der Waals surface area contributed by atoms with Crippen LogP contribution in [0.4, 0.5) is 0 Å². The number of hydrogen-bond donors (Lipinski definition) is 0. The minimum absolute atomic E-state index is 0.254. The van der Waals surface area contributed by atoms with Crippen molar-refractivity contribution in [3.63, 3.8) is 0 Å². The highest BCUT2D eigenvalue weighted by Crippen LogP contribution is 2.62. The van der Waals surface area contributed by atoms with E-state index in [0.29, 0.717) is 5.78 Å². The molecule has 1 aromatic carbocycles. The molecule has 3 aliphatic rings. The lowest BCUT2D eigenvalue weighted by Crippen LogP contribution is -2.26. The van der Waals surface area contributed by atoms with E-state index < -0.39 is 0 Å². The van der Waals surface area contributed by atoms with Crippen LogP contribution >= 0.6 is 0 Å². The highest BCUT2D eigenvalue weighted by molar-refractivity contribution is 6.08. The molecule has 4 rings (SSSR count). The zero-order valence-electron chi connectivity index (χ0n) is 12.4. The van der Waals surface area contributed by atoms with Crippen molar-refractivity contribution < 1.29 is 9.53 Å². The van der Waals surface area contributed by atoms with Crippen LogP contribution in [-0.4, -0.2) is 12.9 Å². The molecule has 1 saturated carbocycles. The molecule has 20 heavy (non-hydrogen) atoms. The largest absolute Gasteiger partial charge is 0.496 e. The average molecular weight is 268 g/mol. The molecular weight excluding hydrogens is 248 g/mol. The monoisotopic (exact) mass is 268 g/mol. The molecule has 0 saturated heterocycles. The Bertz CT molecular complexity index is 668. The Kier molecular flexibility index (Phi) is 2.28. The second-order valence-electron chi connectivity index (χ2n) is 6.74. The SMILES string of the molecule is COc1cc2c(cc1C)C1=C(C)C(=O)C3CCC1(C2)C3. The molecule has 0 aromatic heterocycles. The summed E-state index contributed by atoms with van der Waals surface area (Å²) in [6, 6.07) is 4.42. The first-order valence-electron chi connectivity index (χ1n) is 7.49. The van der Waals surface area contributed by atoms with Crippen LogP contribution in [0.2, 0.25) is 0 Å². The third kappa shape index (κ3) is 1.32. The predicted octanol–water partition coefficient (Wildman–Crippen LogP) is 3.70. The summed E-state index contributed by atoms with van der Waals surface area (Å²) >= 11 is 0. The first kappa shape index (κ1) is 12.2. The zero-order valence-corrected chi connectivity index (χ0v) is 12.4. The lowest BCUT2D eigenvalue weighted by molar-refractivity contribution is -0.119. The van der Waals surface area contributed by atoms with E-state index >= 15 is 0 Å². The van der Waals surface area contributed by atoms with Crippen molar-refractivity contribution in [1.29, 1.82) is 0 Å². The van der Waals surface area contributed by atoms with Gasteiger partial charge in [-0.25, -0.2) is 0 Å². The second kappa shape index (κ2) is 3.75. The maximum atomic E-state index is 12.5. The summed E-state index contributed by atoms with van der Waals surface area (Å²) in [5.41, 5.74) is 6.49. The molecule has 2 heteroatoms. The average Bonchev–Trinajstić information content (AvgIpc) is 2.95. The number of carbonyl (C=O) groups is 1. The molecule has 2 nitrogen and oxygen atoms in total. The van der Waals surface area contributed by atoms with Gasteiger partial charge in [0.25, 0.3) is 0 Å². The highest BCUT2D eigenvalue weighted by atomic mass is 16.5. The van der Waals surface area contributed by atoms with Crippen molar-refractivity contribution in [2.24, 2.45) is 11.3 Å². The van der Waals surface area contributed by atoms with E-state index in [0.717, 1.165) is 36.1 Å². The van der Waals surface area contributed by atoms with Crippen LogP contribution in [0.5, 0.6) is 5.75 Å². The van der Waals surface area contributed by atoms with Gasteiger partial charge in [0.15, 0.2) is 5.78 Å². The fraction of sp³-hybridized carbons (Fsp3) is 0.500. The molecule has 2 bridgehead atoms. The lowest BCUT2D eigenvalue weighted by Gasteiger charge is -2.31. The molecular formula is C18H20O2. The van der Waals surface area contributed by atoms with Gasteiger partial charge in [0.2, 0.25) is 0 Å². The molecule has 104 valence electrons. The molecule has 1 aromatic rings. The molecule has 2 atom stereocenters. The van der Waals surface area contributed by atoms with Gasteiger partial charge in [-0.2, -0.15) is 0 Å². The Hall–Kier alpha value is -1.57. The number of ketones is 1. The van der Waals surface area contributed by atoms with Crippen LogP contribution in [0.3, 0.4) is 0 Å². The maximum Gasteiger partial charge on any atom is 0.161 e. The molecule has 0 N–H and O–H groups in total. The molecule has 2 unspecified atom stereocenters. The van der Waals surface area contributed by atoms with Gasteiger partial charge in [0.1, 0.15) is 5.75 Å². The van der Waals surface area contributed by atoms with Gasteiger partial charge >= 0.3 is 0 Å². The summed E-state index contributed by atoms with van der Waals surface area (Å²) in [6.07, 6.45) is 4.40. The van der Waals surface area contributed by atoms with Gasteiger partial charge in [-0.15, -0.1) is 0 Å². The van der Waals surface area contributed by atoms with Gasteiger partial charge < -0.3 is 4.74 Å². The summed E-state index contributed by atoms with van der Waals surface area (Å²) in [7, 11) is 1.73. The van der Waals surface area contributed by atoms with Gasteiger partial charge in [-0.05, 0) is 79.5 Å². The van der Waals surface area contributed by atoms with E-state index in [1.807, 2.05) is 6.92 Å². The molecule has 1 fully saturated rings. The first-order valence-corrected chi connectivity index (χ1v) is 7.49. The van der Waals surface area contributed by atoms with E-state index in [4.69, 9.17) is 4.74 Å². The van der Waals surface area contributed by atoms with Gasteiger partial charge in [0, 0.05) is 11.3 Å². The van der Waals surface area contributed by atoms with Crippen LogP contribution in [0.1, 0.15) is 42.9 Å². The number of methoxy groups -OCH3 is 1. The molecule has 0 aliphatic heterocycles. The summed E-state index contributed by atoms with van der Waals surface area (Å²) in [5, 5.41) is 0. The third-order valence-corrected chi connectivity index (χ3v) is 5.67. The maximum absolute atomic E-state index is 12.5. The molecule has 0 heterocycles. The summed E-state index contributed by atoms with van der Waals surface area (Å²) in [4.78, 5) is 12.5. The summed E-state index contributed by atoms with van der Waals surface area (Å²) in [5.74, 6) is 1.66. The first-order chi connectivity index (χ1) is 9.55. The number of benzene rings is 1. The van der Waals surface area contributed by atoms with Crippen molar-refractivity contribution in [2.45, 2.75) is 39.5 Å². The Morgan fingerprint density at radius 1 is 1.30 bits per heavy atom. The van der Waals surface area contributed by atoms with Crippen molar-refractivity contribution in [3.8, 4) is 5.75 Å². The van der Waals surface area contributed by atoms with Crippen LogP contribution in [0, 0.1) is 18.3 Å². The number of hydrogen-bond acceptors (Lipinski definition) is 2. The molecule has 3 aliphatic carbocycles. The van der Waals surface area contributed by atoms with E-state index in [1.54, 1.807) is 7.11 Å². The van der Waals surface area contributed by atoms with Crippen molar-refractivity contribution in [1.82, 2.24) is 0 Å². The number of aryl methyl sites for hydroxylation is 1. The molecule has 1 spiro atoms. The van der Waals surface area contributed by atoms with Crippen LogP contribution in [0.15, 0.2) is 17.7 Å². The summed E-state index contributed by atoms with van der Waals surface area (Å²) < 4.78 is 5.47. The zero-order chi connectivity index (χ0) is 14.1. The Morgan fingerprint density at radius 2 is 2.10 bits per heavy atom. The van der Waals surface area contributed by atoms with Crippen LogP contribution < -0.4 is 4.74 Å². The van der Waals surface area contributed by atoms with E-state index in [2.05, 4.69) is 19.1 Å². The molecule has 0 amide bonds. The highest BCUT2D eigenvalue weighted by Gasteiger charge is 2.53. The van der Waals surface area contributed by atoms with E-state index in [-0.39, 0.29) is 11.3 Å². The Balaban J connectivity index is 1.97. The van der Waals surface area contributed by atoms with Crippen molar-refractivity contribution in [3.05, 3.63) is 34.4 Å². The second-order valence-corrected chi connectivity index (χ2v) is 6.74. The smallest absolute Gasteiger partial charge is 0.161 e. The lowest BCUT2D eigenvalue weighted by atomic mass is 9.71. The number of allylic oxidation sites excluding steroid dienone is 2. The Labute approximate surface area is 119 Å². The standard InChI is InChI=1S/C18H20O2/c1-10-6-14-13(7-15(10)20-3)9-18-5-4-12(8-18)17(19)11(2)16(14)18/h6-7,12H,4-5,8-9H2,1-3H3. The topological polar surface area (TPSA) is 26.3 Å². The number of fused-ring (bicyclic) bond motifs is 3. The van der Waals surface area contributed by atoms with Gasteiger partial charge in [-0.3, -0.25) is 4.79 Å². The fourth-order valence-corrected chi connectivity index (χ4v) is 4.83. The number of rotatable bonds is 1. The van der Waals surface area contributed by atoms with Crippen LogP contribution in [0.25, 0.3) is 5.57 Å². The van der Waals surface area contributed by atoms with Gasteiger partial charge in [-0.1, -0.05) is 0 Å². The number of Topliss-reactive ketones (excluding diaryl/α,β-unsaturated/α-hetero) is 1. The van der Waals surface area contributed by atoms with Crippen molar-refractivity contribution in [2.75, 3.05) is 7.11 Å². The Morgan fingerprint density at radius 3 is 2.85 bits per heavy atom. The third-order valence-electron chi connectivity index (χ3n) is 5.67. The minimum Gasteiger partial charge on any atom is -0.496 e. The minimum atomic E-state index is 0.254.